The summed E-state index contributed by atoms with van der Waals surface area (Å²) in [4.78, 5) is 8.20. The van der Waals surface area contributed by atoms with E-state index in [2.05, 4.69) is 51.2 Å². The molecule has 1 aromatic heterocycles. The third kappa shape index (κ3) is 8.73. The van der Waals surface area contributed by atoms with E-state index >= 15 is 0 Å². The molecular formula is C37H40F3N3O3. The van der Waals surface area contributed by atoms with Gasteiger partial charge in [0, 0.05) is 32.7 Å². The standard InChI is InChI=1S/C37H40F3N3O3/c38-37(39,40)35-17-16-32(20-41-35)43-19-18-31(22-43)21-42-23-33(44-25-28-10-4-1-5-11-28)36(46-27-30-14-8-3-9-15-30)34(24-42)45-26-29-12-6-2-7-13-29/h1-17,20,31,33-34,36H,18-19,21-27H2/t31-,33-,34-/m1/s1. The third-order valence-electron chi connectivity index (χ3n) is 8.71. The molecule has 4 aromatic rings. The predicted molar refractivity (Wildman–Crippen MR) is 171 cm³/mol. The van der Waals surface area contributed by atoms with Crippen LogP contribution in [-0.4, -0.2) is 60.9 Å². The fraction of sp³-hybridized carbons (Fsp3) is 0.378. The number of likely N-dealkylation sites (tertiary alicyclic amines) is 1. The molecule has 242 valence electrons. The molecule has 9 heteroatoms. The number of hydrogen-bond acceptors (Lipinski definition) is 6. The second-order valence-electron chi connectivity index (χ2n) is 12.1. The minimum atomic E-state index is -4.44. The molecule has 0 aliphatic carbocycles. The number of piperidine rings is 1. The molecule has 0 saturated carbocycles. The molecule has 0 bridgehead atoms. The van der Waals surface area contributed by atoms with Crippen molar-refractivity contribution in [1.82, 2.24) is 9.88 Å². The second kappa shape index (κ2) is 15.2. The Bertz CT molecular complexity index is 1420. The van der Waals surface area contributed by atoms with Crippen LogP contribution < -0.4 is 4.90 Å². The van der Waals surface area contributed by atoms with Crippen LogP contribution in [0, 0.1) is 5.92 Å². The minimum absolute atomic E-state index is 0.227. The summed E-state index contributed by atoms with van der Waals surface area (Å²) in [6.07, 6.45) is -2.90. The number of rotatable bonds is 12. The summed E-state index contributed by atoms with van der Waals surface area (Å²) < 4.78 is 59.0. The maximum absolute atomic E-state index is 13.0. The van der Waals surface area contributed by atoms with Gasteiger partial charge in [-0.1, -0.05) is 91.0 Å². The molecule has 3 aromatic carbocycles. The van der Waals surface area contributed by atoms with Crippen molar-refractivity contribution in [1.29, 1.82) is 0 Å². The smallest absolute Gasteiger partial charge is 0.370 e. The average Bonchev–Trinajstić information content (AvgIpc) is 3.55. The summed E-state index contributed by atoms with van der Waals surface area (Å²) in [7, 11) is 0. The van der Waals surface area contributed by atoms with Crippen LogP contribution >= 0.6 is 0 Å². The van der Waals surface area contributed by atoms with Gasteiger partial charge in [-0.2, -0.15) is 13.2 Å². The number of halogens is 3. The van der Waals surface area contributed by atoms with E-state index < -0.39 is 11.9 Å². The van der Waals surface area contributed by atoms with Gasteiger partial charge in [-0.25, -0.2) is 4.98 Å². The number of pyridine rings is 1. The van der Waals surface area contributed by atoms with Crippen molar-refractivity contribution in [3.63, 3.8) is 0 Å². The first kappa shape index (κ1) is 32.2. The Balaban J connectivity index is 1.16. The molecule has 6 nitrogen and oxygen atoms in total. The van der Waals surface area contributed by atoms with Crippen molar-refractivity contribution in [2.45, 2.75) is 50.7 Å². The van der Waals surface area contributed by atoms with Crippen LogP contribution in [0.1, 0.15) is 28.8 Å². The van der Waals surface area contributed by atoms with Gasteiger partial charge in [0.2, 0.25) is 0 Å². The minimum Gasteiger partial charge on any atom is -0.370 e. The lowest BCUT2D eigenvalue weighted by atomic mass is 9.98. The normalized spacial score (nSPS) is 21.1. The molecule has 2 fully saturated rings. The summed E-state index contributed by atoms with van der Waals surface area (Å²) in [6, 6.07) is 33.0. The molecule has 0 unspecified atom stereocenters. The molecule has 0 spiro atoms. The number of anilines is 1. The summed E-state index contributed by atoms with van der Waals surface area (Å²) in [5.41, 5.74) is 3.14. The van der Waals surface area contributed by atoms with Gasteiger partial charge in [-0.15, -0.1) is 0 Å². The maximum Gasteiger partial charge on any atom is 0.433 e. The fourth-order valence-corrected chi connectivity index (χ4v) is 6.33. The van der Waals surface area contributed by atoms with Crippen molar-refractivity contribution in [2.24, 2.45) is 5.92 Å². The molecule has 0 radical (unpaired) electrons. The van der Waals surface area contributed by atoms with Crippen molar-refractivity contribution >= 4 is 5.69 Å². The van der Waals surface area contributed by atoms with Crippen LogP contribution in [0.3, 0.4) is 0 Å². The quantitative estimate of drug-likeness (QED) is 0.168. The summed E-state index contributed by atoms with van der Waals surface area (Å²) in [5, 5.41) is 0. The maximum atomic E-state index is 13.0. The lowest BCUT2D eigenvalue weighted by molar-refractivity contribution is -0.185. The molecule has 0 amide bonds. The largest absolute Gasteiger partial charge is 0.433 e. The molecule has 2 saturated heterocycles. The Kier molecular flexibility index (Phi) is 10.7. The van der Waals surface area contributed by atoms with Gasteiger partial charge >= 0.3 is 6.18 Å². The van der Waals surface area contributed by atoms with Gasteiger partial charge in [-0.3, -0.25) is 4.90 Å². The molecule has 46 heavy (non-hydrogen) atoms. The van der Waals surface area contributed by atoms with Crippen molar-refractivity contribution < 1.29 is 27.4 Å². The second-order valence-corrected chi connectivity index (χ2v) is 12.1. The van der Waals surface area contributed by atoms with Crippen LogP contribution in [0.15, 0.2) is 109 Å². The lowest BCUT2D eigenvalue weighted by Gasteiger charge is -2.44. The fourth-order valence-electron chi connectivity index (χ4n) is 6.33. The molecule has 2 aliphatic rings. The molecule has 0 N–H and O–H groups in total. The predicted octanol–water partition coefficient (Wildman–Crippen LogP) is 7.00. The van der Waals surface area contributed by atoms with E-state index in [1.807, 2.05) is 54.6 Å². The van der Waals surface area contributed by atoms with E-state index in [0.717, 1.165) is 54.5 Å². The Labute approximate surface area is 268 Å². The van der Waals surface area contributed by atoms with Crippen LogP contribution in [0.4, 0.5) is 18.9 Å². The van der Waals surface area contributed by atoms with Gasteiger partial charge < -0.3 is 19.1 Å². The van der Waals surface area contributed by atoms with Crippen LogP contribution in [0.5, 0.6) is 0 Å². The van der Waals surface area contributed by atoms with E-state index in [1.165, 1.54) is 12.3 Å². The number of ether oxygens (including phenoxy) is 3. The van der Waals surface area contributed by atoms with E-state index in [-0.39, 0.29) is 18.3 Å². The number of benzene rings is 3. The monoisotopic (exact) mass is 631 g/mol. The Morgan fingerprint density at radius 2 is 1.17 bits per heavy atom. The van der Waals surface area contributed by atoms with E-state index in [9.17, 15) is 13.2 Å². The highest BCUT2D eigenvalue weighted by atomic mass is 19.4. The highest BCUT2D eigenvalue weighted by Gasteiger charge is 2.40. The van der Waals surface area contributed by atoms with Gasteiger partial charge in [0.1, 0.15) is 11.8 Å². The number of hydrogen-bond donors (Lipinski definition) is 0. The van der Waals surface area contributed by atoms with Gasteiger partial charge in [0.15, 0.2) is 0 Å². The topological polar surface area (TPSA) is 47.1 Å². The third-order valence-corrected chi connectivity index (χ3v) is 8.71. The SMILES string of the molecule is FC(F)(F)c1ccc(N2CC[C@H](CN3C[C@@H](OCc4ccccc4)C(OCc4ccccc4)[C@H](OCc4ccccc4)C3)C2)cn1. The van der Waals surface area contributed by atoms with Crippen molar-refractivity contribution in [2.75, 3.05) is 37.6 Å². The Morgan fingerprint density at radius 1 is 0.652 bits per heavy atom. The molecular weight excluding hydrogens is 591 g/mol. The van der Waals surface area contributed by atoms with Gasteiger partial charge in [0.05, 0.1) is 43.9 Å². The zero-order valence-corrected chi connectivity index (χ0v) is 25.8. The molecule has 3 atom stereocenters. The zero-order valence-electron chi connectivity index (χ0n) is 25.8. The van der Waals surface area contributed by atoms with Gasteiger partial charge in [0.25, 0.3) is 0 Å². The number of nitrogens with zero attached hydrogens (tertiary/aromatic N) is 3. The summed E-state index contributed by atoms with van der Waals surface area (Å²) in [5.74, 6) is 0.341. The van der Waals surface area contributed by atoms with Crippen LogP contribution in [0.2, 0.25) is 0 Å². The van der Waals surface area contributed by atoms with Crippen molar-refractivity contribution in [3.8, 4) is 0 Å². The van der Waals surface area contributed by atoms with E-state index in [0.29, 0.717) is 38.8 Å². The first-order valence-corrected chi connectivity index (χ1v) is 15.9. The van der Waals surface area contributed by atoms with E-state index in [1.54, 1.807) is 0 Å². The average molecular weight is 632 g/mol. The first-order valence-electron chi connectivity index (χ1n) is 15.9. The first-order chi connectivity index (χ1) is 22.4. The van der Waals surface area contributed by atoms with Crippen LogP contribution in [0.25, 0.3) is 0 Å². The molecule has 6 rings (SSSR count). The number of aromatic nitrogens is 1. The number of alkyl halides is 3. The zero-order chi connectivity index (χ0) is 31.8. The van der Waals surface area contributed by atoms with Crippen LogP contribution in [-0.2, 0) is 40.2 Å². The Morgan fingerprint density at radius 3 is 1.65 bits per heavy atom. The van der Waals surface area contributed by atoms with Gasteiger partial charge in [-0.05, 0) is 41.2 Å². The molecule has 2 aliphatic heterocycles. The summed E-state index contributed by atoms with van der Waals surface area (Å²) >= 11 is 0. The highest BCUT2D eigenvalue weighted by Crippen LogP contribution is 2.31. The summed E-state index contributed by atoms with van der Waals surface area (Å²) in [6.45, 7) is 5.12. The highest BCUT2D eigenvalue weighted by molar-refractivity contribution is 5.46. The van der Waals surface area contributed by atoms with E-state index in [4.69, 9.17) is 14.2 Å². The lowest BCUT2D eigenvalue weighted by Crippen LogP contribution is -2.58. The molecule has 3 heterocycles. The Hall–Kier alpha value is -3.76. The van der Waals surface area contributed by atoms with Crippen molar-refractivity contribution in [3.05, 3.63) is 132 Å².